The number of aromatic nitrogens is 2. The first-order valence-corrected chi connectivity index (χ1v) is 6.04. The van der Waals surface area contributed by atoms with Crippen LogP contribution in [0, 0.1) is 0 Å². The molecule has 1 aromatic heterocycles. The summed E-state index contributed by atoms with van der Waals surface area (Å²) in [5, 5.41) is 0. The quantitative estimate of drug-likeness (QED) is 0.738. The third-order valence-electron chi connectivity index (χ3n) is 2.95. The van der Waals surface area contributed by atoms with Crippen molar-refractivity contribution in [2.24, 2.45) is 0 Å². The Morgan fingerprint density at radius 1 is 1.40 bits per heavy atom. The van der Waals surface area contributed by atoms with E-state index in [1.54, 1.807) is 12.5 Å². The van der Waals surface area contributed by atoms with E-state index in [1.807, 2.05) is 6.07 Å². The Balaban J connectivity index is 2.11. The maximum absolute atomic E-state index is 5.84. The van der Waals surface area contributed by atoms with Crippen LogP contribution in [0.2, 0.25) is 0 Å². The van der Waals surface area contributed by atoms with E-state index in [9.17, 15) is 0 Å². The minimum Gasteiger partial charge on any atom is -0.352 e. The lowest BCUT2D eigenvalue weighted by Crippen LogP contribution is -2.35. The van der Waals surface area contributed by atoms with Crippen molar-refractivity contribution in [3.63, 3.8) is 0 Å². The van der Waals surface area contributed by atoms with Crippen LogP contribution in [-0.2, 0) is 0 Å². The Hall–Kier alpha value is -0.830. The molecule has 1 aliphatic carbocycles. The van der Waals surface area contributed by atoms with Gasteiger partial charge < -0.3 is 4.90 Å². The Morgan fingerprint density at radius 3 is 2.80 bits per heavy atom. The predicted octanol–water partition coefficient (Wildman–Crippen LogP) is 2.46. The maximum atomic E-state index is 5.84. The first-order valence-electron chi connectivity index (χ1n) is 5.50. The average molecular weight is 226 g/mol. The zero-order valence-corrected chi connectivity index (χ0v) is 9.53. The van der Waals surface area contributed by atoms with E-state index in [4.69, 9.17) is 11.6 Å². The van der Waals surface area contributed by atoms with Gasteiger partial charge >= 0.3 is 0 Å². The van der Waals surface area contributed by atoms with Crippen LogP contribution in [0.3, 0.4) is 0 Å². The van der Waals surface area contributed by atoms with Gasteiger partial charge in [-0.05, 0) is 18.9 Å². The van der Waals surface area contributed by atoms with Crippen LogP contribution >= 0.6 is 11.6 Å². The minimum absolute atomic E-state index is 0.624. The van der Waals surface area contributed by atoms with E-state index in [2.05, 4.69) is 14.9 Å². The van der Waals surface area contributed by atoms with Crippen molar-refractivity contribution in [1.82, 2.24) is 9.97 Å². The normalized spacial score (nSPS) is 16.9. The molecule has 1 saturated carbocycles. The number of rotatable bonds is 4. The fourth-order valence-corrected chi connectivity index (χ4v) is 2.43. The Kier molecular flexibility index (Phi) is 3.78. The van der Waals surface area contributed by atoms with Crippen LogP contribution < -0.4 is 4.90 Å². The molecule has 2 rings (SSSR count). The van der Waals surface area contributed by atoms with Crippen LogP contribution in [0.4, 0.5) is 5.82 Å². The van der Waals surface area contributed by atoms with E-state index in [0.717, 1.165) is 12.4 Å². The minimum atomic E-state index is 0.624. The first kappa shape index (κ1) is 10.7. The summed E-state index contributed by atoms with van der Waals surface area (Å²) in [5.41, 5.74) is 0. The zero-order chi connectivity index (χ0) is 10.5. The van der Waals surface area contributed by atoms with E-state index in [1.165, 1.54) is 25.7 Å². The monoisotopic (exact) mass is 225 g/mol. The highest BCUT2D eigenvalue weighted by molar-refractivity contribution is 6.18. The van der Waals surface area contributed by atoms with E-state index < -0.39 is 0 Å². The standard InChI is InChI=1S/C11H16ClN3/c12-6-8-15(10-3-1-2-4-10)11-5-7-13-9-14-11/h5,7,9-10H,1-4,6,8H2. The largest absolute Gasteiger partial charge is 0.352 e. The molecule has 0 unspecified atom stereocenters. The van der Waals surface area contributed by atoms with Gasteiger partial charge in [0, 0.05) is 24.7 Å². The summed E-state index contributed by atoms with van der Waals surface area (Å²) in [6.07, 6.45) is 8.58. The summed E-state index contributed by atoms with van der Waals surface area (Å²) in [6, 6.07) is 2.59. The Labute approximate surface area is 95.5 Å². The van der Waals surface area contributed by atoms with Gasteiger partial charge in [0.2, 0.25) is 0 Å². The van der Waals surface area contributed by atoms with Crippen LogP contribution in [0.5, 0.6) is 0 Å². The number of hydrogen-bond donors (Lipinski definition) is 0. The molecular formula is C11H16ClN3. The fourth-order valence-electron chi connectivity index (χ4n) is 2.24. The van der Waals surface area contributed by atoms with Gasteiger partial charge in [0.25, 0.3) is 0 Å². The van der Waals surface area contributed by atoms with E-state index in [0.29, 0.717) is 11.9 Å². The molecule has 0 amide bonds. The fraction of sp³-hybridized carbons (Fsp3) is 0.636. The van der Waals surface area contributed by atoms with Crippen LogP contribution in [0.1, 0.15) is 25.7 Å². The maximum Gasteiger partial charge on any atom is 0.132 e. The number of anilines is 1. The molecule has 1 aliphatic rings. The summed E-state index contributed by atoms with van der Waals surface area (Å²) in [5.74, 6) is 1.66. The number of halogens is 1. The molecule has 0 bridgehead atoms. The van der Waals surface area contributed by atoms with Gasteiger partial charge in [0.05, 0.1) is 0 Å². The molecule has 3 nitrogen and oxygen atoms in total. The number of alkyl halides is 1. The molecule has 1 heterocycles. The molecule has 1 aromatic rings. The van der Waals surface area contributed by atoms with Gasteiger partial charge in [-0.15, -0.1) is 11.6 Å². The van der Waals surface area contributed by atoms with Crippen molar-refractivity contribution in [3.8, 4) is 0 Å². The lowest BCUT2D eigenvalue weighted by atomic mass is 10.2. The van der Waals surface area contributed by atoms with Gasteiger partial charge in [0.15, 0.2) is 0 Å². The molecular weight excluding hydrogens is 210 g/mol. The van der Waals surface area contributed by atoms with Gasteiger partial charge in [-0.1, -0.05) is 12.8 Å². The van der Waals surface area contributed by atoms with Crippen LogP contribution in [0.25, 0.3) is 0 Å². The molecule has 1 fully saturated rings. The molecule has 82 valence electrons. The molecule has 0 atom stereocenters. The highest BCUT2D eigenvalue weighted by Crippen LogP contribution is 2.26. The summed E-state index contributed by atoms with van der Waals surface area (Å²) in [6.45, 7) is 0.878. The molecule has 0 spiro atoms. The summed E-state index contributed by atoms with van der Waals surface area (Å²) in [7, 11) is 0. The van der Waals surface area contributed by atoms with Crippen molar-refractivity contribution in [2.45, 2.75) is 31.7 Å². The van der Waals surface area contributed by atoms with Crippen molar-refractivity contribution >= 4 is 17.4 Å². The highest BCUT2D eigenvalue weighted by atomic mass is 35.5. The predicted molar refractivity (Wildman–Crippen MR) is 62.4 cm³/mol. The highest BCUT2D eigenvalue weighted by Gasteiger charge is 2.22. The SMILES string of the molecule is ClCCN(c1ccncn1)C1CCCC1. The smallest absolute Gasteiger partial charge is 0.132 e. The molecule has 0 saturated heterocycles. The van der Waals surface area contributed by atoms with Gasteiger partial charge in [-0.2, -0.15) is 0 Å². The van der Waals surface area contributed by atoms with Gasteiger partial charge in [0.1, 0.15) is 12.1 Å². The zero-order valence-electron chi connectivity index (χ0n) is 8.77. The van der Waals surface area contributed by atoms with Gasteiger partial charge in [-0.25, -0.2) is 9.97 Å². The van der Waals surface area contributed by atoms with E-state index in [-0.39, 0.29) is 0 Å². The van der Waals surface area contributed by atoms with Crippen LogP contribution in [0.15, 0.2) is 18.6 Å². The van der Waals surface area contributed by atoms with Crippen molar-refractivity contribution < 1.29 is 0 Å². The molecule has 4 heteroatoms. The summed E-state index contributed by atoms with van der Waals surface area (Å²) < 4.78 is 0. The Bertz CT molecular complexity index is 285. The molecule has 0 radical (unpaired) electrons. The Morgan fingerprint density at radius 2 is 2.20 bits per heavy atom. The third kappa shape index (κ3) is 2.59. The topological polar surface area (TPSA) is 29.0 Å². The molecule has 0 aliphatic heterocycles. The second-order valence-corrected chi connectivity index (χ2v) is 4.27. The molecule has 0 aromatic carbocycles. The van der Waals surface area contributed by atoms with Crippen molar-refractivity contribution in [3.05, 3.63) is 18.6 Å². The second kappa shape index (κ2) is 5.31. The molecule has 0 N–H and O–H groups in total. The number of hydrogen-bond acceptors (Lipinski definition) is 3. The van der Waals surface area contributed by atoms with Crippen LogP contribution in [-0.4, -0.2) is 28.4 Å². The van der Waals surface area contributed by atoms with Crippen molar-refractivity contribution in [1.29, 1.82) is 0 Å². The number of nitrogens with zero attached hydrogens (tertiary/aromatic N) is 3. The third-order valence-corrected chi connectivity index (χ3v) is 3.12. The van der Waals surface area contributed by atoms with Crippen molar-refractivity contribution in [2.75, 3.05) is 17.3 Å². The summed E-state index contributed by atoms with van der Waals surface area (Å²) in [4.78, 5) is 10.6. The van der Waals surface area contributed by atoms with E-state index >= 15 is 0 Å². The average Bonchev–Trinajstić information content (AvgIpc) is 2.80. The lowest BCUT2D eigenvalue weighted by molar-refractivity contribution is 0.614. The second-order valence-electron chi connectivity index (χ2n) is 3.89. The van der Waals surface area contributed by atoms with Gasteiger partial charge in [-0.3, -0.25) is 0 Å². The first-order chi connectivity index (χ1) is 7.42. The molecule has 15 heavy (non-hydrogen) atoms. The summed E-state index contributed by atoms with van der Waals surface area (Å²) >= 11 is 5.84. The lowest BCUT2D eigenvalue weighted by Gasteiger charge is -2.29.